The zero-order valence-corrected chi connectivity index (χ0v) is 11.6. The Balaban J connectivity index is 1.82. The van der Waals surface area contributed by atoms with Gasteiger partial charge in [0.15, 0.2) is 12.1 Å². The molecule has 3 rings (SSSR count). The first-order chi connectivity index (χ1) is 9.65. The van der Waals surface area contributed by atoms with Gasteiger partial charge in [0.2, 0.25) is 0 Å². The normalized spacial score (nSPS) is 15.9. The first kappa shape index (κ1) is 12.8. The molecular formula is C15H17N3O2. The number of pyridine rings is 1. The Labute approximate surface area is 117 Å². The maximum absolute atomic E-state index is 12.3. The van der Waals surface area contributed by atoms with Crippen molar-refractivity contribution in [2.45, 2.75) is 32.7 Å². The third kappa shape index (κ3) is 2.57. The predicted molar refractivity (Wildman–Crippen MR) is 73.1 cm³/mol. The summed E-state index contributed by atoms with van der Waals surface area (Å²) in [6.45, 7) is 3.76. The number of aryl methyl sites for hydroxylation is 2. The molecule has 5 heteroatoms. The summed E-state index contributed by atoms with van der Waals surface area (Å²) in [5.74, 6) is 0.811. The summed E-state index contributed by atoms with van der Waals surface area (Å²) in [6.07, 6.45) is 5.32. The third-order valence-electron chi connectivity index (χ3n) is 3.60. The number of amides is 1. The van der Waals surface area contributed by atoms with Gasteiger partial charge in [0.1, 0.15) is 5.76 Å². The zero-order chi connectivity index (χ0) is 14.1. The minimum absolute atomic E-state index is 0.0431. The monoisotopic (exact) mass is 271 g/mol. The van der Waals surface area contributed by atoms with Crippen LogP contribution in [0.3, 0.4) is 0 Å². The third-order valence-corrected chi connectivity index (χ3v) is 3.60. The molecule has 0 radical (unpaired) electrons. The van der Waals surface area contributed by atoms with E-state index in [-0.39, 0.29) is 11.9 Å². The van der Waals surface area contributed by atoms with E-state index >= 15 is 0 Å². The Bertz CT molecular complexity index is 632. The number of nitrogens with one attached hydrogen (secondary N) is 1. The van der Waals surface area contributed by atoms with Crippen LogP contribution in [-0.2, 0) is 0 Å². The number of aromatic nitrogens is 2. The molecule has 0 unspecified atom stereocenters. The van der Waals surface area contributed by atoms with Crippen LogP contribution in [0.2, 0.25) is 0 Å². The lowest BCUT2D eigenvalue weighted by Gasteiger charge is -2.17. The lowest BCUT2D eigenvalue weighted by molar-refractivity contribution is 0.0924. The number of oxazole rings is 1. The summed E-state index contributed by atoms with van der Waals surface area (Å²) in [5.41, 5.74) is 2.41. The van der Waals surface area contributed by atoms with Gasteiger partial charge in [0.05, 0.1) is 11.7 Å². The number of carbonyl (C=O) groups is 1. The van der Waals surface area contributed by atoms with Crippen molar-refractivity contribution in [3.63, 3.8) is 0 Å². The highest BCUT2D eigenvalue weighted by Gasteiger charge is 2.35. The van der Waals surface area contributed by atoms with Crippen molar-refractivity contribution in [3.05, 3.63) is 47.4 Å². The van der Waals surface area contributed by atoms with Crippen LogP contribution in [0, 0.1) is 19.8 Å². The SMILES string of the molecule is Cc1ccnc([C@H](NC(=O)c2ncoc2C)C2CC2)c1. The summed E-state index contributed by atoms with van der Waals surface area (Å²) in [4.78, 5) is 20.6. The second kappa shape index (κ2) is 5.07. The fourth-order valence-corrected chi connectivity index (χ4v) is 2.33. The lowest BCUT2D eigenvalue weighted by Crippen LogP contribution is -2.31. The summed E-state index contributed by atoms with van der Waals surface area (Å²) in [5, 5.41) is 3.04. The fraction of sp³-hybridized carbons (Fsp3) is 0.400. The molecule has 0 aliphatic heterocycles. The van der Waals surface area contributed by atoms with E-state index in [1.165, 1.54) is 6.39 Å². The Morgan fingerprint density at radius 2 is 2.20 bits per heavy atom. The van der Waals surface area contributed by atoms with Crippen molar-refractivity contribution >= 4 is 5.91 Å². The maximum atomic E-state index is 12.3. The molecule has 104 valence electrons. The van der Waals surface area contributed by atoms with E-state index in [2.05, 4.69) is 15.3 Å². The Morgan fingerprint density at radius 1 is 1.40 bits per heavy atom. The molecule has 2 aromatic rings. The Hall–Kier alpha value is -2.17. The van der Waals surface area contributed by atoms with E-state index in [1.54, 1.807) is 13.1 Å². The quantitative estimate of drug-likeness (QED) is 0.928. The molecule has 1 saturated carbocycles. The lowest BCUT2D eigenvalue weighted by atomic mass is 10.1. The number of carbonyl (C=O) groups excluding carboxylic acids is 1. The van der Waals surface area contributed by atoms with Crippen molar-refractivity contribution < 1.29 is 9.21 Å². The standard InChI is InChI=1S/C15H17N3O2/c1-9-5-6-16-12(7-9)14(11-3-4-11)18-15(19)13-10(2)20-8-17-13/h5-8,11,14H,3-4H2,1-2H3,(H,18,19)/t14-/m1/s1. The highest BCUT2D eigenvalue weighted by atomic mass is 16.3. The van der Waals surface area contributed by atoms with Gasteiger partial charge in [-0.1, -0.05) is 0 Å². The smallest absolute Gasteiger partial charge is 0.274 e. The van der Waals surface area contributed by atoms with Gasteiger partial charge in [-0.25, -0.2) is 4.98 Å². The highest BCUT2D eigenvalue weighted by Crippen LogP contribution is 2.40. The Morgan fingerprint density at radius 3 is 2.80 bits per heavy atom. The zero-order valence-electron chi connectivity index (χ0n) is 11.6. The van der Waals surface area contributed by atoms with Crippen molar-refractivity contribution in [2.24, 2.45) is 5.92 Å². The van der Waals surface area contributed by atoms with Gasteiger partial charge < -0.3 is 9.73 Å². The van der Waals surface area contributed by atoms with Crippen LogP contribution >= 0.6 is 0 Å². The van der Waals surface area contributed by atoms with Crippen LogP contribution in [0.4, 0.5) is 0 Å². The number of hydrogen-bond acceptors (Lipinski definition) is 4. The molecule has 0 aromatic carbocycles. The summed E-state index contributed by atoms with van der Waals surface area (Å²) >= 11 is 0. The summed E-state index contributed by atoms with van der Waals surface area (Å²) in [7, 11) is 0. The van der Waals surface area contributed by atoms with Crippen molar-refractivity contribution in [1.29, 1.82) is 0 Å². The van der Waals surface area contributed by atoms with E-state index in [4.69, 9.17) is 4.42 Å². The molecule has 0 spiro atoms. The van der Waals surface area contributed by atoms with Crippen molar-refractivity contribution in [1.82, 2.24) is 15.3 Å². The molecule has 1 N–H and O–H groups in total. The number of nitrogens with zero attached hydrogens (tertiary/aromatic N) is 2. The molecule has 1 aliphatic carbocycles. The average molecular weight is 271 g/mol. The predicted octanol–water partition coefficient (Wildman–Crippen LogP) is 2.57. The molecule has 1 atom stereocenters. The van der Waals surface area contributed by atoms with Gasteiger partial charge in [-0.15, -0.1) is 0 Å². The molecule has 2 heterocycles. The molecule has 1 aliphatic rings. The molecule has 0 saturated heterocycles. The van der Waals surface area contributed by atoms with Gasteiger partial charge in [0, 0.05) is 6.20 Å². The van der Waals surface area contributed by atoms with Crippen LogP contribution in [0.1, 0.15) is 46.4 Å². The van der Waals surface area contributed by atoms with Crippen molar-refractivity contribution in [3.8, 4) is 0 Å². The fourth-order valence-electron chi connectivity index (χ4n) is 2.33. The van der Waals surface area contributed by atoms with Crippen LogP contribution in [-0.4, -0.2) is 15.9 Å². The van der Waals surface area contributed by atoms with Gasteiger partial charge >= 0.3 is 0 Å². The van der Waals surface area contributed by atoms with Crippen LogP contribution in [0.25, 0.3) is 0 Å². The second-order valence-electron chi connectivity index (χ2n) is 5.30. The molecular weight excluding hydrogens is 254 g/mol. The van der Waals surface area contributed by atoms with Crippen LogP contribution < -0.4 is 5.32 Å². The van der Waals surface area contributed by atoms with E-state index in [1.807, 2.05) is 19.1 Å². The highest BCUT2D eigenvalue weighted by molar-refractivity contribution is 5.93. The minimum atomic E-state index is -0.198. The number of rotatable bonds is 4. The summed E-state index contributed by atoms with van der Waals surface area (Å²) < 4.78 is 5.08. The molecule has 1 amide bonds. The molecule has 0 bridgehead atoms. The average Bonchev–Trinajstić information content (AvgIpc) is 3.17. The van der Waals surface area contributed by atoms with E-state index < -0.39 is 0 Å². The van der Waals surface area contributed by atoms with Crippen LogP contribution in [0.5, 0.6) is 0 Å². The van der Waals surface area contributed by atoms with Gasteiger partial charge in [-0.3, -0.25) is 9.78 Å². The minimum Gasteiger partial charge on any atom is -0.448 e. The molecule has 20 heavy (non-hydrogen) atoms. The van der Waals surface area contributed by atoms with Crippen molar-refractivity contribution in [2.75, 3.05) is 0 Å². The van der Waals surface area contributed by atoms with Gasteiger partial charge in [0.25, 0.3) is 5.91 Å². The Kier molecular flexibility index (Phi) is 3.26. The van der Waals surface area contributed by atoms with Gasteiger partial charge in [-0.2, -0.15) is 0 Å². The van der Waals surface area contributed by atoms with Gasteiger partial charge in [-0.05, 0) is 50.3 Å². The van der Waals surface area contributed by atoms with E-state index in [0.717, 1.165) is 24.1 Å². The molecule has 1 fully saturated rings. The second-order valence-corrected chi connectivity index (χ2v) is 5.30. The topological polar surface area (TPSA) is 68.0 Å². The molecule has 5 nitrogen and oxygen atoms in total. The van der Waals surface area contributed by atoms with E-state index in [0.29, 0.717) is 17.4 Å². The molecule has 2 aromatic heterocycles. The van der Waals surface area contributed by atoms with Crippen LogP contribution in [0.15, 0.2) is 29.1 Å². The van der Waals surface area contributed by atoms with E-state index in [9.17, 15) is 4.79 Å². The first-order valence-corrected chi connectivity index (χ1v) is 6.78. The maximum Gasteiger partial charge on any atom is 0.274 e. The summed E-state index contributed by atoms with van der Waals surface area (Å²) in [6, 6.07) is 3.94. The largest absolute Gasteiger partial charge is 0.448 e. The number of hydrogen-bond donors (Lipinski definition) is 1. The first-order valence-electron chi connectivity index (χ1n) is 6.78.